The molecular weight excluding hydrogens is 462 g/mol. The fourth-order valence-corrected chi connectivity index (χ4v) is 3.87. The van der Waals surface area contributed by atoms with Gasteiger partial charge in [-0.05, 0) is 24.3 Å². The molecule has 2 aromatic carbocycles. The van der Waals surface area contributed by atoms with Gasteiger partial charge in [-0.2, -0.15) is 4.98 Å². The standard InChI is InChI=1S/C25H27N7O4/c1-5-23(34)27-16-14-17(21(36-4)15-20(16)30(2)12-13-33)28-24-26-11-10-22(29-24)32-19-9-7-6-8-18(19)31(3)25(32)35/h5-11,14-15,33H,1,12-13H2,2-4H3,(H,27,34)(H,26,28,29). The normalized spacial score (nSPS) is 10.8. The summed E-state index contributed by atoms with van der Waals surface area (Å²) in [7, 11) is 5.02. The Kier molecular flexibility index (Phi) is 7.02. The van der Waals surface area contributed by atoms with Gasteiger partial charge < -0.3 is 25.4 Å². The molecule has 0 aliphatic heterocycles. The minimum atomic E-state index is -0.390. The Morgan fingerprint density at radius 2 is 1.97 bits per heavy atom. The van der Waals surface area contributed by atoms with E-state index in [2.05, 4.69) is 27.2 Å². The van der Waals surface area contributed by atoms with Crippen LogP contribution in [-0.4, -0.2) is 57.4 Å². The molecule has 0 bridgehead atoms. The van der Waals surface area contributed by atoms with E-state index >= 15 is 0 Å². The number of ether oxygens (including phenoxy) is 1. The molecule has 0 unspecified atom stereocenters. The highest BCUT2D eigenvalue weighted by Gasteiger charge is 2.17. The van der Waals surface area contributed by atoms with Crippen LogP contribution in [0.4, 0.5) is 23.0 Å². The number of rotatable bonds is 9. The van der Waals surface area contributed by atoms with Gasteiger partial charge in [-0.3, -0.25) is 9.36 Å². The Morgan fingerprint density at radius 1 is 1.22 bits per heavy atom. The summed E-state index contributed by atoms with van der Waals surface area (Å²) in [6, 6.07) is 12.5. The van der Waals surface area contributed by atoms with Crippen molar-refractivity contribution in [2.45, 2.75) is 0 Å². The first-order valence-electron chi connectivity index (χ1n) is 11.1. The van der Waals surface area contributed by atoms with Gasteiger partial charge in [0.15, 0.2) is 0 Å². The van der Waals surface area contributed by atoms with Gasteiger partial charge in [0.05, 0.1) is 41.8 Å². The molecule has 186 valence electrons. The molecule has 11 heteroatoms. The summed E-state index contributed by atoms with van der Waals surface area (Å²) in [5, 5.41) is 15.3. The summed E-state index contributed by atoms with van der Waals surface area (Å²) in [6.07, 6.45) is 2.72. The zero-order valence-corrected chi connectivity index (χ0v) is 20.2. The van der Waals surface area contributed by atoms with Crippen molar-refractivity contribution in [3.63, 3.8) is 0 Å². The molecule has 0 atom stereocenters. The fraction of sp³-hybridized carbons (Fsp3) is 0.200. The summed E-state index contributed by atoms with van der Waals surface area (Å²) in [4.78, 5) is 35.7. The van der Waals surface area contributed by atoms with E-state index in [1.807, 2.05) is 24.3 Å². The van der Waals surface area contributed by atoms with E-state index in [1.54, 1.807) is 48.0 Å². The highest BCUT2D eigenvalue weighted by Crippen LogP contribution is 2.37. The van der Waals surface area contributed by atoms with Gasteiger partial charge in [-0.25, -0.2) is 14.3 Å². The number of nitrogens with zero attached hydrogens (tertiary/aromatic N) is 5. The molecule has 11 nitrogen and oxygen atoms in total. The van der Waals surface area contributed by atoms with Crippen LogP contribution in [0.2, 0.25) is 0 Å². The number of hydrogen-bond acceptors (Lipinski definition) is 8. The lowest BCUT2D eigenvalue weighted by Gasteiger charge is -2.24. The molecule has 0 spiro atoms. The molecule has 0 radical (unpaired) electrons. The van der Waals surface area contributed by atoms with Crippen molar-refractivity contribution in [3.8, 4) is 11.6 Å². The van der Waals surface area contributed by atoms with Crippen molar-refractivity contribution in [3.05, 3.63) is 71.8 Å². The van der Waals surface area contributed by atoms with E-state index in [1.165, 1.54) is 17.8 Å². The Hall–Kier alpha value is -4.64. The van der Waals surface area contributed by atoms with E-state index in [-0.39, 0.29) is 18.2 Å². The molecule has 2 heterocycles. The maximum absolute atomic E-state index is 12.9. The quantitative estimate of drug-likeness (QED) is 0.306. The lowest BCUT2D eigenvalue weighted by molar-refractivity contribution is -0.111. The first-order valence-corrected chi connectivity index (χ1v) is 11.1. The van der Waals surface area contributed by atoms with Gasteiger partial charge in [0.1, 0.15) is 11.6 Å². The molecule has 0 saturated heterocycles. The van der Waals surface area contributed by atoms with Crippen LogP contribution < -0.4 is 26.0 Å². The lowest BCUT2D eigenvalue weighted by Crippen LogP contribution is -2.23. The molecule has 0 aliphatic carbocycles. The molecule has 2 aromatic heterocycles. The maximum Gasteiger partial charge on any atom is 0.334 e. The van der Waals surface area contributed by atoms with E-state index < -0.39 is 5.91 Å². The molecule has 3 N–H and O–H groups in total. The van der Waals surface area contributed by atoms with Crippen LogP contribution in [0, 0.1) is 0 Å². The molecule has 4 rings (SSSR count). The third-order valence-electron chi connectivity index (χ3n) is 5.69. The molecule has 1 amide bonds. The van der Waals surface area contributed by atoms with E-state index in [9.17, 15) is 14.7 Å². The number of fused-ring (bicyclic) bond motifs is 1. The number of methoxy groups -OCH3 is 1. The van der Waals surface area contributed by atoms with Crippen LogP contribution in [0.3, 0.4) is 0 Å². The Balaban J connectivity index is 1.77. The van der Waals surface area contributed by atoms with Crippen molar-refractivity contribution in [2.75, 3.05) is 42.8 Å². The first kappa shape index (κ1) is 24.5. The Morgan fingerprint density at radius 3 is 2.67 bits per heavy atom. The lowest BCUT2D eigenvalue weighted by atomic mass is 10.2. The largest absolute Gasteiger partial charge is 0.494 e. The number of carbonyl (C=O) groups is 1. The number of aliphatic hydroxyl groups excluding tert-OH is 1. The zero-order chi connectivity index (χ0) is 25.8. The SMILES string of the molecule is C=CC(=O)Nc1cc(Nc2nccc(-n3c(=O)n(C)c4ccccc43)n2)c(OC)cc1N(C)CCO. The molecular formula is C25H27N7O4. The van der Waals surface area contributed by atoms with Gasteiger partial charge in [0.2, 0.25) is 11.9 Å². The second kappa shape index (κ2) is 10.3. The van der Waals surface area contributed by atoms with Crippen LogP contribution in [-0.2, 0) is 11.8 Å². The van der Waals surface area contributed by atoms with Crippen molar-refractivity contribution in [1.82, 2.24) is 19.1 Å². The van der Waals surface area contributed by atoms with Gasteiger partial charge in [0, 0.05) is 39.0 Å². The first-order chi connectivity index (χ1) is 17.4. The number of amides is 1. The summed E-state index contributed by atoms with van der Waals surface area (Å²) in [5.41, 5.74) is 2.86. The Labute approximate surface area is 207 Å². The number of imidazole rings is 1. The third-order valence-corrected chi connectivity index (χ3v) is 5.69. The Bertz CT molecular complexity index is 1490. The van der Waals surface area contributed by atoms with E-state index in [0.717, 1.165) is 11.0 Å². The third kappa shape index (κ3) is 4.64. The average molecular weight is 490 g/mol. The van der Waals surface area contributed by atoms with Crippen LogP contribution >= 0.6 is 0 Å². The number of para-hydroxylation sites is 2. The number of aryl methyl sites for hydroxylation is 1. The second-order valence-electron chi connectivity index (χ2n) is 7.94. The van der Waals surface area contributed by atoms with Crippen molar-refractivity contribution in [1.29, 1.82) is 0 Å². The molecule has 0 saturated carbocycles. The fourth-order valence-electron chi connectivity index (χ4n) is 3.87. The number of anilines is 4. The van der Waals surface area contributed by atoms with Gasteiger partial charge >= 0.3 is 5.69 Å². The van der Waals surface area contributed by atoms with Crippen LogP contribution in [0.1, 0.15) is 0 Å². The van der Waals surface area contributed by atoms with Crippen molar-refractivity contribution >= 4 is 40.0 Å². The van der Waals surface area contributed by atoms with Crippen LogP contribution in [0.15, 0.2) is 66.1 Å². The van der Waals surface area contributed by atoms with Crippen LogP contribution in [0.25, 0.3) is 16.9 Å². The number of aromatic nitrogens is 4. The van der Waals surface area contributed by atoms with E-state index in [4.69, 9.17) is 4.74 Å². The number of likely N-dealkylation sites (N-methyl/N-ethyl adjacent to an activating group) is 1. The average Bonchev–Trinajstić information content (AvgIpc) is 3.14. The summed E-state index contributed by atoms with van der Waals surface area (Å²) in [6.45, 7) is 3.78. The van der Waals surface area contributed by atoms with Crippen molar-refractivity contribution < 1.29 is 14.6 Å². The van der Waals surface area contributed by atoms with Gasteiger partial charge in [-0.1, -0.05) is 18.7 Å². The molecule has 4 aromatic rings. The van der Waals surface area contributed by atoms with Gasteiger partial charge in [-0.15, -0.1) is 0 Å². The predicted molar refractivity (Wildman–Crippen MR) is 140 cm³/mol. The summed E-state index contributed by atoms with van der Waals surface area (Å²) < 4.78 is 8.64. The molecule has 0 aliphatic rings. The minimum Gasteiger partial charge on any atom is -0.494 e. The number of aliphatic hydroxyl groups is 1. The summed E-state index contributed by atoms with van der Waals surface area (Å²) >= 11 is 0. The zero-order valence-electron chi connectivity index (χ0n) is 20.2. The predicted octanol–water partition coefficient (Wildman–Crippen LogP) is 2.42. The minimum absolute atomic E-state index is 0.0676. The number of carbonyl (C=O) groups excluding carboxylic acids is 1. The second-order valence-corrected chi connectivity index (χ2v) is 7.94. The topological polar surface area (TPSA) is 127 Å². The van der Waals surface area contributed by atoms with Gasteiger partial charge in [0.25, 0.3) is 0 Å². The summed E-state index contributed by atoms with van der Waals surface area (Å²) in [5.74, 6) is 0.692. The highest BCUT2D eigenvalue weighted by atomic mass is 16.5. The smallest absolute Gasteiger partial charge is 0.334 e. The highest BCUT2D eigenvalue weighted by molar-refractivity contribution is 6.02. The number of nitrogens with one attached hydrogen (secondary N) is 2. The number of benzene rings is 2. The van der Waals surface area contributed by atoms with E-state index in [0.29, 0.717) is 35.2 Å². The van der Waals surface area contributed by atoms with Crippen molar-refractivity contribution in [2.24, 2.45) is 7.05 Å². The number of hydrogen-bond donors (Lipinski definition) is 3. The maximum atomic E-state index is 12.9. The molecule has 36 heavy (non-hydrogen) atoms. The van der Waals surface area contributed by atoms with Crippen LogP contribution in [0.5, 0.6) is 5.75 Å². The molecule has 0 fully saturated rings. The monoisotopic (exact) mass is 489 g/mol.